The van der Waals surface area contributed by atoms with E-state index in [2.05, 4.69) is 0 Å². The number of phenolic OH excluding ortho intramolecular Hbond substituents is 2. The van der Waals surface area contributed by atoms with Crippen LogP contribution in [0, 0.1) is 0 Å². The van der Waals surface area contributed by atoms with Crippen LogP contribution in [0.1, 0.15) is 27.7 Å². The number of benzene rings is 2. The summed E-state index contributed by atoms with van der Waals surface area (Å²) in [6.07, 6.45) is 0. The van der Waals surface area contributed by atoms with Crippen LogP contribution in [0.15, 0.2) is 54.6 Å². The van der Waals surface area contributed by atoms with Gasteiger partial charge in [0.1, 0.15) is 11.5 Å². The van der Waals surface area contributed by atoms with E-state index in [0.29, 0.717) is 10.8 Å². The van der Waals surface area contributed by atoms with Crippen molar-refractivity contribution in [2.24, 2.45) is 0 Å². The van der Waals surface area contributed by atoms with Crippen LogP contribution >= 0.6 is 11.6 Å². The molecule has 0 saturated heterocycles. The topological polar surface area (TPSA) is 40.5 Å². The summed E-state index contributed by atoms with van der Waals surface area (Å²) in [5.41, 5.74) is 0. The van der Waals surface area contributed by atoms with Crippen LogP contribution in [0.5, 0.6) is 11.5 Å². The molecule has 0 aliphatic rings. The van der Waals surface area contributed by atoms with Crippen LogP contribution in [-0.4, -0.2) is 10.2 Å². The molecule has 0 radical (unpaired) electrons. The molecule has 2 aromatic rings. The number of hydrogen-bond donors (Lipinski definition) is 2. The predicted octanol–water partition coefficient (Wildman–Crippen LogP) is 5.49. The third kappa shape index (κ3) is 12.6. The molecule has 2 rings (SSSR count). The lowest BCUT2D eigenvalue weighted by Crippen LogP contribution is -1.61. The Morgan fingerprint density at radius 3 is 1.26 bits per heavy atom. The zero-order chi connectivity index (χ0) is 15.1. The van der Waals surface area contributed by atoms with E-state index >= 15 is 0 Å². The van der Waals surface area contributed by atoms with Gasteiger partial charge in [0.15, 0.2) is 0 Å². The summed E-state index contributed by atoms with van der Waals surface area (Å²) in [6.45, 7) is 8.00. The van der Waals surface area contributed by atoms with Gasteiger partial charge in [-0.25, -0.2) is 0 Å². The molecule has 0 spiro atoms. The first-order chi connectivity index (χ1) is 9.18. The lowest BCUT2D eigenvalue weighted by atomic mass is 10.3. The summed E-state index contributed by atoms with van der Waals surface area (Å²) in [6, 6.07) is 15.1. The smallest absolute Gasteiger partial charge is 0.115 e. The molecule has 0 bridgehead atoms. The van der Waals surface area contributed by atoms with Gasteiger partial charge < -0.3 is 10.2 Å². The van der Waals surface area contributed by atoms with Crippen molar-refractivity contribution in [1.29, 1.82) is 0 Å². The van der Waals surface area contributed by atoms with Gasteiger partial charge in [-0.05, 0) is 36.4 Å². The van der Waals surface area contributed by atoms with Gasteiger partial charge in [-0.15, -0.1) is 0 Å². The zero-order valence-corrected chi connectivity index (χ0v) is 12.7. The molecule has 0 saturated carbocycles. The van der Waals surface area contributed by atoms with Gasteiger partial charge in [-0.1, -0.05) is 57.5 Å². The van der Waals surface area contributed by atoms with Crippen molar-refractivity contribution in [2.75, 3.05) is 0 Å². The molecule has 3 heteroatoms. The largest absolute Gasteiger partial charge is 0.508 e. The Bertz CT molecular complexity index is 364. The SMILES string of the molecule is CC.CC.Oc1ccc(Cl)cc1.Oc1ccccc1. The van der Waals surface area contributed by atoms with Crippen LogP contribution in [0.3, 0.4) is 0 Å². The fourth-order valence-electron chi connectivity index (χ4n) is 0.869. The maximum absolute atomic E-state index is 8.70. The highest BCUT2D eigenvalue weighted by molar-refractivity contribution is 6.30. The quantitative estimate of drug-likeness (QED) is 0.671. The second kappa shape index (κ2) is 14.4. The van der Waals surface area contributed by atoms with Crippen molar-refractivity contribution in [1.82, 2.24) is 0 Å². The Hall–Kier alpha value is -1.67. The molecule has 2 N–H and O–H groups in total. The van der Waals surface area contributed by atoms with Crippen molar-refractivity contribution in [2.45, 2.75) is 27.7 Å². The minimum atomic E-state index is 0.245. The lowest BCUT2D eigenvalue weighted by molar-refractivity contribution is 0.475. The highest BCUT2D eigenvalue weighted by Crippen LogP contribution is 2.12. The lowest BCUT2D eigenvalue weighted by Gasteiger charge is -1.87. The number of phenols is 2. The molecule has 0 atom stereocenters. The van der Waals surface area contributed by atoms with E-state index in [1.807, 2.05) is 33.8 Å². The van der Waals surface area contributed by atoms with E-state index in [4.69, 9.17) is 21.8 Å². The second-order valence-corrected chi connectivity index (χ2v) is 3.25. The maximum atomic E-state index is 8.70. The van der Waals surface area contributed by atoms with Crippen LogP contribution in [0.25, 0.3) is 0 Å². The molecule has 0 amide bonds. The van der Waals surface area contributed by atoms with Crippen LogP contribution in [0.2, 0.25) is 5.02 Å². The van der Waals surface area contributed by atoms with Gasteiger partial charge >= 0.3 is 0 Å². The third-order valence-electron chi connectivity index (χ3n) is 1.58. The summed E-state index contributed by atoms with van der Waals surface area (Å²) in [4.78, 5) is 0. The van der Waals surface area contributed by atoms with Gasteiger partial charge in [0, 0.05) is 5.02 Å². The van der Waals surface area contributed by atoms with Crippen molar-refractivity contribution in [3.05, 3.63) is 59.6 Å². The van der Waals surface area contributed by atoms with Gasteiger partial charge in [-0.2, -0.15) is 0 Å². The standard InChI is InChI=1S/C6H5ClO.C6H6O.2C2H6/c7-5-1-3-6(8)4-2-5;7-6-4-2-1-3-5-6;2*1-2/h1-4,8H;1-5,7H;2*1-2H3. The number of hydrogen-bond acceptors (Lipinski definition) is 2. The van der Waals surface area contributed by atoms with E-state index in [-0.39, 0.29) is 5.75 Å². The first-order valence-electron chi connectivity index (χ1n) is 6.37. The number of para-hydroxylation sites is 1. The average Bonchev–Trinajstić information content (AvgIpc) is 2.48. The predicted molar refractivity (Wildman–Crippen MR) is 83.9 cm³/mol. The van der Waals surface area contributed by atoms with Crippen LogP contribution < -0.4 is 0 Å². The first-order valence-corrected chi connectivity index (χ1v) is 6.75. The molecule has 0 aliphatic heterocycles. The summed E-state index contributed by atoms with van der Waals surface area (Å²) < 4.78 is 0. The van der Waals surface area contributed by atoms with Crippen LogP contribution in [0.4, 0.5) is 0 Å². The highest BCUT2D eigenvalue weighted by Gasteiger charge is 1.84. The van der Waals surface area contributed by atoms with E-state index in [9.17, 15) is 0 Å². The molecule has 0 unspecified atom stereocenters. The Morgan fingerprint density at radius 2 is 1.00 bits per heavy atom. The summed E-state index contributed by atoms with van der Waals surface area (Å²) in [5, 5.41) is 18.0. The molecule has 2 aromatic carbocycles. The molecule has 0 heterocycles. The Balaban J connectivity index is 0. The maximum Gasteiger partial charge on any atom is 0.115 e. The van der Waals surface area contributed by atoms with Crippen molar-refractivity contribution < 1.29 is 10.2 Å². The minimum Gasteiger partial charge on any atom is -0.508 e. The van der Waals surface area contributed by atoms with Gasteiger partial charge in [0.05, 0.1) is 0 Å². The van der Waals surface area contributed by atoms with Gasteiger partial charge in [0.2, 0.25) is 0 Å². The Morgan fingerprint density at radius 1 is 0.632 bits per heavy atom. The normalized spacial score (nSPS) is 7.63. The average molecular weight is 283 g/mol. The fraction of sp³-hybridized carbons (Fsp3) is 0.250. The van der Waals surface area contributed by atoms with E-state index in [0.717, 1.165) is 0 Å². The summed E-state index contributed by atoms with van der Waals surface area (Å²) in [7, 11) is 0. The fourth-order valence-corrected chi connectivity index (χ4v) is 0.995. The molecule has 106 valence electrons. The summed E-state index contributed by atoms with van der Waals surface area (Å²) >= 11 is 5.50. The number of aromatic hydroxyl groups is 2. The first kappa shape index (κ1) is 19.7. The van der Waals surface area contributed by atoms with E-state index < -0.39 is 0 Å². The minimum absolute atomic E-state index is 0.245. The zero-order valence-electron chi connectivity index (χ0n) is 12.0. The molecule has 0 aromatic heterocycles. The molecular weight excluding hydrogens is 260 g/mol. The van der Waals surface area contributed by atoms with Crippen LogP contribution in [-0.2, 0) is 0 Å². The van der Waals surface area contributed by atoms with Gasteiger partial charge in [-0.3, -0.25) is 0 Å². The third-order valence-corrected chi connectivity index (χ3v) is 1.83. The number of rotatable bonds is 0. The molecular formula is C16H23ClO2. The van der Waals surface area contributed by atoms with Gasteiger partial charge in [0.25, 0.3) is 0 Å². The molecule has 2 nitrogen and oxygen atoms in total. The van der Waals surface area contributed by atoms with Crippen molar-refractivity contribution in [3.8, 4) is 11.5 Å². The molecule has 0 fully saturated rings. The Labute approximate surface area is 121 Å². The van der Waals surface area contributed by atoms with E-state index in [1.165, 1.54) is 0 Å². The second-order valence-electron chi connectivity index (χ2n) is 2.81. The summed E-state index contributed by atoms with van der Waals surface area (Å²) in [5.74, 6) is 0.567. The van der Waals surface area contributed by atoms with Crippen molar-refractivity contribution in [3.63, 3.8) is 0 Å². The molecule has 0 aliphatic carbocycles. The van der Waals surface area contributed by atoms with Crippen molar-refractivity contribution >= 4 is 11.6 Å². The monoisotopic (exact) mass is 282 g/mol. The number of halogens is 1. The Kier molecular flexibility index (Phi) is 14.9. The van der Waals surface area contributed by atoms with E-state index in [1.54, 1.807) is 48.5 Å². The molecule has 19 heavy (non-hydrogen) atoms. The highest BCUT2D eigenvalue weighted by atomic mass is 35.5.